The van der Waals surface area contributed by atoms with Crippen LogP contribution >= 0.6 is 23.1 Å². The van der Waals surface area contributed by atoms with Gasteiger partial charge >= 0.3 is 0 Å². The molecule has 0 aliphatic rings. The van der Waals surface area contributed by atoms with Gasteiger partial charge in [-0.25, -0.2) is 0 Å². The number of hydrogen-bond acceptors (Lipinski definition) is 6. The molecule has 0 bridgehead atoms. The number of rotatable bonds is 9. The molecular weight excluding hydrogens is 589 g/mol. The zero-order valence-electron chi connectivity index (χ0n) is 24.0. The second kappa shape index (κ2) is 13.9. The number of para-hydroxylation sites is 1. The number of thiophene rings is 1. The van der Waals surface area contributed by atoms with Gasteiger partial charge in [-0.2, -0.15) is 5.26 Å². The standard InChI is InChI=1S/C35H28N4O3S2/c1-22-12-9-10-19-28(22)32(40)38-26-17-11-18-27(20-26)43-31(24-13-5-3-6-14-24)34(42)39-35-29(21-36)23(2)30(44-35)33(41)37-25-15-7-4-8-16-25/h3-20,31H,1-2H3,(H,37,41)(H,38,40)(H,39,42). The molecule has 0 saturated heterocycles. The predicted molar refractivity (Wildman–Crippen MR) is 177 cm³/mol. The number of anilines is 3. The second-order valence-corrected chi connectivity index (χ2v) is 12.1. The number of amides is 3. The molecule has 0 fully saturated rings. The van der Waals surface area contributed by atoms with E-state index < -0.39 is 5.25 Å². The maximum absolute atomic E-state index is 13.8. The Labute approximate surface area is 264 Å². The largest absolute Gasteiger partial charge is 0.322 e. The van der Waals surface area contributed by atoms with Crippen molar-refractivity contribution in [3.8, 4) is 6.07 Å². The number of thioether (sulfide) groups is 1. The molecule has 1 aromatic heterocycles. The van der Waals surface area contributed by atoms with Gasteiger partial charge in [-0.1, -0.05) is 72.8 Å². The van der Waals surface area contributed by atoms with E-state index in [2.05, 4.69) is 22.0 Å². The fraction of sp³-hybridized carbons (Fsp3) is 0.0857. The maximum atomic E-state index is 13.8. The first-order valence-corrected chi connectivity index (χ1v) is 15.4. The summed E-state index contributed by atoms with van der Waals surface area (Å²) in [6.07, 6.45) is 0. The summed E-state index contributed by atoms with van der Waals surface area (Å²) in [6.45, 7) is 3.58. The number of benzene rings is 4. The summed E-state index contributed by atoms with van der Waals surface area (Å²) in [5.41, 5.74) is 4.21. The van der Waals surface area contributed by atoms with Crippen LogP contribution in [-0.4, -0.2) is 17.7 Å². The average Bonchev–Trinajstić information content (AvgIpc) is 3.35. The van der Waals surface area contributed by atoms with Crippen LogP contribution in [0, 0.1) is 25.2 Å². The van der Waals surface area contributed by atoms with Crippen molar-refractivity contribution in [2.75, 3.05) is 16.0 Å². The highest BCUT2D eigenvalue weighted by molar-refractivity contribution is 8.00. The van der Waals surface area contributed by atoms with Crippen LogP contribution < -0.4 is 16.0 Å². The summed E-state index contributed by atoms with van der Waals surface area (Å²) in [4.78, 5) is 40.9. The Morgan fingerprint density at radius 1 is 0.750 bits per heavy atom. The number of nitrogens with one attached hydrogen (secondary N) is 3. The Morgan fingerprint density at radius 3 is 2.09 bits per heavy atom. The third kappa shape index (κ3) is 7.06. The van der Waals surface area contributed by atoms with Gasteiger partial charge in [-0.3, -0.25) is 14.4 Å². The summed E-state index contributed by atoms with van der Waals surface area (Å²) < 4.78 is 0. The third-order valence-electron chi connectivity index (χ3n) is 6.81. The van der Waals surface area contributed by atoms with E-state index in [9.17, 15) is 19.6 Å². The molecule has 5 aromatic rings. The average molecular weight is 617 g/mol. The van der Waals surface area contributed by atoms with E-state index in [0.717, 1.165) is 27.4 Å². The van der Waals surface area contributed by atoms with Crippen molar-refractivity contribution in [3.63, 3.8) is 0 Å². The SMILES string of the molecule is Cc1ccccc1C(=O)Nc1cccc(SC(C(=O)Nc2sc(C(=O)Nc3ccccc3)c(C)c2C#N)c2ccccc2)c1. The number of nitriles is 1. The minimum absolute atomic E-state index is 0.216. The molecule has 7 nitrogen and oxygen atoms in total. The van der Waals surface area contributed by atoms with Gasteiger partial charge in [-0.05, 0) is 66.9 Å². The molecule has 218 valence electrons. The molecule has 0 spiro atoms. The van der Waals surface area contributed by atoms with Crippen LogP contribution in [-0.2, 0) is 4.79 Å². The van der Waals surface area contributed by atoms with Crippen LogP contribution in [0.15, 0.2) is 114 Å². The lowest BCUT2D eigenvalue weighted by Gasteiger charge is -2.17. The molecule has 5 rings (SSSR count). The number of carbonyl (C=O) groups excluding carboxylic acids is 3. The van der Waals surface area contributed by atoms with E-state index >= 15 is 0 Å². The summed E-state index contributed by atoms with van der Waals surface area (Å²) in [5.74, 6) is -0.913. The maximum Gasteiger partial charge on any atom is 0.266 e. The molecule has 3 amide bonds. The lowest BCUT2D eigenvalue weighted by Crippen LogP contribution is -2.19. The Balaban J connectivity index is 1.38. The zero-order chi connectivity index (χ0) is 31.1. The monoisotopic (exact) mass is 616 g/mol. The minimum atomic E-state index is -0.686. The van der Waals surface area contributed by atoms with E-state index in [4.69, 9.17) is 0 Å². The van der Waals surface area contributed by atoms with Crippen molar-refractivity contribution in [1.82, 2.24) is 0 Å². The highest BCUT2D eigenvalue weighted by Gasteiger charge is 2.27. The van der Waals surface area contributed by atoms with Crippen LogP contribution in [0.5, 0.6) is 0 Å². The van der Waals surface area contributed by atoms with Crippen LogP contribution in [0.2, 0.25) is 0 Å². The van der Waals surface area contributed by atoms with E-state index in [0.29, 0.717) is 32.4 Å². The van der Waals surface area contributed by atoms with Crippen molar-refractivity contribution in [2.45, 2.75) is 24.0 Å². The first-order valence-electron chi connectivity index (χ1n) is 13.7. The first kappa shape index (κ1) is 30.3. The summed E-state index contributed by atoms with van der Waals surface area (Å²) >= 11 is 2.39. The molecule has 0 radical (unpaired) electrons. The highest BCUT2D eigenvalue weighted by atomic mass is 32.2. The molecule has 0 aliphatic carbocycles. The van der Waals surface area contributed by atoms with E-state index in [1.54, 1.807) is 31.2 Å². The second-order valence-electron chi connectivity index (χ2n) is 9.89. The highest BCUT2D eigenvalue weighted by Crippen LogP contribution is 2.39. The number of aryl methyl sites for hydroxylation is 1. The van der Waals surface area contributed by atoms with E-state index in [1.165, 1.54) is 11.8 Å². The van der Waals surface area contributed by atoms with Gasteiger partial charge < -0.3 is 16.0 Å². The van der Waals surface area contributed by atoms with Crippen molar-refractivity contribution in [3.05, 3.63) is 142 Å². The van der Waals surface area contributed by atoms with Gasteiger partial charge in [0.25, 0.3) is 11.8 Å². The third-order valence-corrected chi connectivity index (χ3v) is 9.26. The van der Waals surface area contributed by atoms with Crippen LogP contribution in [0.4, 0.5) is 16.4 Å². The smallest absolute Gasteiger partial charge is 0.266 e. The summed E-state index contributed by atoms with van der Waals surface area (Å²) in [5, 5.41) is 18.3. The van der Waals surface area contributed by atoms with E-state index in [1.807, 2.05) is 91.9 Å². The minimum Gasteiger partial charge on any atom is -0.322 e. The van der Waals surface area contributed by atoms with E-state index in [-0.39, 0.29) is 23.3 Å². The lowest BCUT2D eigenvalue weighted by atomic mass is 10.1. The molecule has 4 aromatic carbocycles. The Bertz CT molecular complexity index is 1860. The Morgan fingerprint density at radius 2 is 1.39 bits per heavy atom. The number of carbonyl (C=O) groups is 3. The molecule has 0 aliphatic heterocycles. The fourth-order valence-electron chi connectivity index (χ4n) is 4.55. The molecule has 1 heterocycles. The Hall–Kier alpha value is -5.17. The number of hydrogen-bond donors (Lipinski definition) is 3. The van der Waals surface area contributed by atoms with Crippen molar-refractivity contribution in [1.29, 1.82) is 5.26 Å². The zero-order valence-corrected chi connectivity index (χ0v) is 25.6. The molecule has 9 heteroatoms. The molecule has 3 N–H and O–H groups in total. The normalized spacial score (nSPS) is 11.2. The summed E-state index contributed by atoms with van der Waals surface area (Å²) in [7, 11) is 0. The topological polar surface area (TPSA) is 111 Å². The quantitative estimate of drug-likeness (QED) is 0.145. The van der Waals surface area contributed by atoms with Crippen molar-refractivity contribution < 1.29 is 14.4 Å². The molecule has 1 atom stereocenters. The number of nitrogens with zero attached hydrogens (tertiary/aromatic N) is 1. The molecular formula is C35H28N4O3S2. The predicted octanol–water partition coefficient (Wildman–Crippen LogP) is 8.21. The van der Waals surface area contributed by atoms with Crippen molar-refractivity contribution >= 4 is 57.2 Å². The van der Waals surface area contributed by atoms with Crippen LogP contribution in [0.3, 0.4) is 0 Å². The molecule has 0 saturated carbocycles. The van der Waals surface area contributed by atoms with Gasteiger partial charge in [0.2, 0.25) is 5.91 Å². The Kier molecular flexibility index (Phi) is 9.55. The van der Waals surface area contributed by atoms with Crippen LogP contribution in [0.1, 0.15) is 47.5 Å². The van der Waals surface area contributed by atoms with Gasteiger partial charge in [0, 0.05) is 21.8 Å². The van der Waals surface area contributed by atoms with Gasteiger partial charge in [0.1, 0.15) is 16.3 Å². The van der Waals surface area contributed by atoms with Crippen molar-refractivity contribution in [2.24, 2.45) is 0 Å². The summed E-state index contributed by atoms with van der Waals surface area (Å²) in [6, 6.07) is 35.2. The first-order chi connectivity index (χ1) is 21.3. The molecule has 1 unspecified atom stereocenters. The van der Waals surface area contributed by atoms with Gasteiger partial charge in [0.15, 0.2) is 0 Å². The molecule has 44 heavy (non-hydrogen) atoms. The van der Waals surface area contributed by atoms with Gasteiger partial charge in [0.05, 0.1) is 10.4 Å². The van der Waals surface area contributed by atoms with Gasteiger partial charge in [-0.15, -0.1) is 23.1 Å². The fourth-order valence-corrected chi connectivity index (χ4v) is 6.69. The lowest BCUT2D eigenvalue weighted by molar-refractivity contribution is -0.115. The van der Waals surface area contributed by atoms with Crippen LogP contribution in [0.25, 0.3) is 0 Å².